The average Bonchev–Trinajstić information content (AvgIpc) is 3.21. The Morgan fingerprint density at radius 2 is 2.07 bits per heavy atom. The number of benzene rings is 1. The van der Waals surface area contributed by atoms with Gasteiger partial charge in [0.1, 0.15) is 17.7 Å². The number of imidazole rings is 1. The van der Waals surface area contributed by atoms with Crippen molar-refractivity contribution in [1.82, 2.24) is 24.9 Å². The van der Waals surface area contributed by atoms with E-state index in [1.54, 1.807) is 6.33 Å². The van der Waals surface area contributed by atoms with Gasteiger partial charge in [0.15, 0.2) is 11.5 Å². The summed E-state index contributed by atoms with van der Waals surface area (Å²) in [5, 5.41) is 8.41. The van der Waals surface area contributed by atoms with Gasteiger partial charge < -0.3 is 20.4 Å². The minimum Gasteiger partial charge on any atom is -0.380 e. The van der Waals surface area contributed by atoms with Gasteiger partial charge in [-0.05, 0) is 26.0 Å². The molecule has 1 aromatic carbocycles. The van der Waals surface area contributed by atoms with Crippen LogP contribution in [0, 0.1) is 0 Å². The molecule has 0 radical (unpaired) electrons. The van der Waals surface area contributed by atoms with Gasteiger partial charge >= 0.3 is 0 Å². The number of halogens is 1. The standard InChI is InChI=1S/C20H22ClN7O/c1-3-29-8-7-22-18-14(9-13-5-4-6-15(21)16(13)28-18)12(2)27-20-17-19(24-10-23-17)25-11-26-20/h4-6,9-12H,3,7-8H2,1-2H3,(H,22,28)(H2,23,24,25,26,27). The Kier molecular flexibility index (Phi) is 5.73. The molecule has 3 N–H and O–H groups in total. The molecule has 0 aliphatic rings. The maximum atomic E-state index is 6.37. The van der Waals surface area contributed by atoms with Crippen LogP contribution in [0.1, 0.15) is 25.5 Å². The topological polar surface area (TPSA) is 101 Å². The molecule has 4 rings (SSSR count). The Morgan fingerprint density at radius 3 is 2.93 bits per heavy atom. The zero-order chi connectivity index (χ0) is 20.2. The van der Waals surface area contributed by atoms with Gasteiger partial charge in [0, 0.05) is 24.1 Å². The predicted molar refractivity (Wildman–Crippen MR) is 115 cm³/mol. The number of ether oxygens (including phenoxy) is 1. The zero-order valence-corrected chi connectivity index (χ0v) is 17.0. The molecule has 9 heteroatoms. The largest absolute Gasteiger partial charge is 0.380 e. The summed E-state index contributed by atoms with van der Waals surface area (Å²) in [5.41, 5.74) is 3.15. The first-order valence-corrected chi connectivity index (χ1v) is 9.86. The number of hydrogen-bond donors (Lipinski definition) is 3. The van der Waals surface area contributed by atoms with Crippen LogP contribution >= 0.6 is 11.6 Å². The number of para-hydroxylation sites is 1. The molecule has 0 aliphatic heterocycles. The van der Waals surface area contributed by atoms with E-state index in [1.807, 2.05) is 25.1 Å². The van der Waals surface area contributed by atoms with Crippen molar-refractivity contribution >= 4 is 45.3 Å². The molecular weight excluding hydrogens is 390 g/mol. The zero-order valence-electron chi connectivity index (χ0n) is 16.2. The Hall–Kier alpha value is -2.97. The Morgan fingerprint density at radius 1 is 1.17 bits per heavy atom. The van der Waals surface area contributed by atoms with Crippen LogP contribution < -0.4 is 10.6 Å². The fourth-order valence-corrected chi connectivity index (χ4v) is 3.41. The fourth-order valence-electron chi connectivity index (χ4n) is 3.19. The number of H-pyrrole nitrogens is 1. The summed E-state index contributed by atoms with van der Waals surface area (Å²) in [4.78, 5) is 20.6. The average molecular weight is 412 g/mol. The Bertz CT molecular complexity index is 1130. The smallest absolute Gasteiger partial charge is 0.162 e. The highest BCUT2D eigenvalue weighted by Gasteiger charge is 2.17. The van der Waals surface area contributed by atoms with Crippen molar-refractivity contribution < 1.29 is 4.74 Å². The van der Waals surface area contributed by atoms with E-state index in [-0.39, 0.29) is 6.04 Å². The predicted octanol–water partition coefficient (Wildman–Crippen LogP) is 4.18. The van der Waals surface area contributed by atoms with E-state index in [1.165, 1.54) is 6.33 Å². The first kappa shape index (κ1) is 19.4. The number of nitrogens with zero attached hydrogens (tertiary/aromatic N) is 4. The lowest BCUT2D eigenvalue weighted by Crippen LogP contribution is -2.16. The maximum Gasteiger partial charge on any atom is 0.162 e. The SMILES string of the molecule is CCOCCNc1nc2c(Cl)cccc2cc1C(C)Nc1ncnc2[nH]cnc12. The number of fused-ring (bicyclic) bond motifs is 2. The summed E-state index contributed by atoms with van der Waals surface area (Å²) in [5.74, 6) is 1.42. The molecule has 150 valence electrons. The summed E-state index contributed by atoms with van der Waals surface area (Å²) in [6, 6.07) is 7.78. The van der Waals surface area contributed by atoms with Crippen LogP contribution in [0.4, 0.5) is 11.6 Å². The summed E-state index contributed by atoms with van der Waals surface area (Å²) < 4.78 is 5.44. The molecule has 0 amide bonds. The number of aromatic nitrogens is 5. The maximum absolute atomic E-state index is 6.37. The van der Waals surface area contributed by atoms with Crippen molar-refractivity contribution in [3.8, 4) is 0 Å². The van der Waals surface area contributed by atoms with Gasteiger partial charge in [0.05, 0.1) is 29.5 Å². The van der Waals surface area contributed by atoms with Crippen molar-refractivity contribution in [3.05, 3.63) is 47.5 Å². The molecule has 0 aliphatic carbocycles. The van der Waals surface area contributed by atoms with E-state index in [0.29, 0.717) is 41.8 Å². The highest BCUT2D eigenvalue weighted by Crippen LogP contribution is 2.31. The molecule has 0 bridgehead atoms. The lowest BCUT2D eigenvalue weighted by molar-refractivity contribution is 0.158. The molecule has 0 saturated heterocycles. The monoisotopic (exact) mass is 411 g/mol. The molecule has 3 aromatic heterocycles. The minimum atomic E-state index is -0.0877. The molecule has 29 heavy (non-hydrogen) atoms. The lowest BCUT2D eigenvalue weighted by atomic mass is 10.1. The summed E-state index contributed by atoms with van der Waals surface area (Å²) in [6.45, 7) is 5.95. The Balaban J connectivity index is 1.68. The second-order valence-corrected chi connectivity index (χ2v) is 6.96. The number of pyridine rings is 1. The van der Waals surface area contributed by atoms with E-state index in [0.717, 1.165) is 22.3 Å². The lowest BCUT2D eigenvalue weighted by Gasteiger charge is -2.20. The van der Waals surface area contributed by atoms with Gasteiger partial charge in [-0.25, -0.2) is 19.9 Å². The molecule has 0 saturated carbocycles. The minimum absolute atomic E-state index is 0.0877. The van der Waals surface area contributed by atoms with Crippen molar-refractivity contribution in [3.63, 3.8) is 0 Å². The van der Waals surface area contributed by atoms with Gasteiger partial charge in [-0.15, -0.1) is 0 Å². The quantitative estimate of drug-likeness (QED) is 0.374. The molecular formula is C20H22ClN7O. The second-order valence-electron chi connectivity index (χ2n) is 6.55. The van der Waals surface area contributed by atoms with Crippen LogP contribution in [0.5, 0.6) is 0 Å². The first-order chi connectivity index (χ1) is 14.2. The normalized spacial score (nSPS) is 12.4. The van der Waals surface area contributed by atoms with Crippen LogP contribution in [0.15, 0.2) is 36.9 Å². The van der Waals surface area contributed by atoms with Crippen molar-refractivity contribution in [2.45, 2.75) is 19.9 Å². The third kappa shape index (κ3) is 4.08. The summed E-state index contributed by atoms with van der Waals surface area (Å²) in [6.07, 6.45) is 3.12. The number of nitrogens with one attached hydrogen (secondary N) is 3. The number of rotatable bonds is 8. The van der Waals surface area contributed by atoms with Crippen molar-refractivity contribution in [1.29, 1.82) is 0 Å². The van der Waals surface area contributed by atoms with Crippen LogP contribution in [-0.2, 0) is 4.74 Å². The number of aromatic amines is 1. The van der Waals surface area contributed by atoms with Gasteiger partial charge in [-0.2, -0.15) is 0 Å². The van der Waals surface area contributed by atoms with Crippen molar-refractivity contribution in [2.75, 3.05) is 30.4 Å². The first-order valence-electron chi connectivity index (χ1n) is 9.48. The molecule has 4 aromatic rings. The van der Waals surface area contributed by atoms with Crippen LogP contribution in [-0.4, -0.2) is 44.7 Å². The molecule has 0 spiro atoms. The highest BCUT2D eigenvalue weighted by molar-refractivity contribution is 6.35. The van der Waals surface area contributed by atoms with Gasteiger partial charge in [-0.1, -0.05) is 23.7 Å². The van der Waals surface area contributed by atoms with E-state index in [4.69, 9.17) is 21.3 Å². The summed E-state index contributed by atoms with van der Waals surface area (Å²) in [7, 11) is 0. The van der Waals surface area contributed by atoms with Crippen LogP contribution in [0.2, 0.25) is 5.02 Å². The van der Waals surface area contributed by atoms with Gasteiger partial charge in [0.25, 0.3) is 0 Å². The third-order valence-electron chi connectivity index (χ3n) is 4.61. The van der Waals surface area contributed by atoms with E-state index >= 15 is 0 Å². The Labute approximate surface area is 173 Å². The summed E-state index contributed by atoms with van der Waals surface area (Å²) >= 11 is 6.37. The molecule has 1 unspecified atom stereocenters. The van der Waals surface area contributed by atoms with Crippen molar-refractivity contribution in [2.24, 2.45) is 0 Å². The third-order valence-corrected chi connectivity index (χ3v) is 4.91. The number of anilines is 2. The highest BCUT2D eigenvalue weighted by atomic mass is 35.5. The van der Waals surface area contributed by atoms with Gasteiger partial charge in [-0.3, -0.25) is 0 Å². The van der Waals surface area contributed by atoms with Gasteiger partial charge in [0.2, 0.25) is 0 Å². The van der Waals surface area contributed by atoms with E-state index < -0.39 is 0 Å². The molecule has 1 atom stereocenters. The van der Waals surface area contributed by atoms with Crippen LogP contribution in [0.3, 0.4) is 0 Å². The number of hydrogen-bond acceptors (Lipinski definition) is 7. The second kappa shape index (κ2) is 8.59. The molecule has 3 heterocycles. The van der Waals surface area contributed by atoms with E-state index in [2.05, 4.69) is 43.6 Å². The molecule has 0 fully saturated rings. The molecule has 8 nitrogen and oxygen atoms in total. The van der Waals surface area contributed by atoms with E-state index in [9.17, 15) is 0 Å². The van der Waals surface area contributed by atoms with Crippen LogP contribution in [0.25, 0.3) is 22.1 Å². The fraction of sp³-hybridized carbons (Fsp3) is 0.300.